The summed E-state index contributed by atoms with van der Waals surface area (Å²) < 4.78 is 6.22. The number of aromatic nitrogens is 1. The van der Waals surface area contributed by atoms with E-state index in [9.17, 15) is 0 Å². The second-order valence-corrected chi connectivity index (χ2v) is 7.60. The zero-order chi connectivity index (χ0) is 18.9. The number of para-hydroxylation sites is 1. The van der Waals surface area contributed by atoms with E-state index < -0.39 is 0 Å². The Kier molecular flexibility index (Phi) is 2.77. The Morgan fingerprint density at radius 3 is 2.31 bits per heavy atom. The summed E-state index contributed by atoms with van der Waals surface area (Å²) in [7, 11) is 0. The molecule has 0 aliphatic heterocycles. The van der Waals surface area contributed by atoms with Crippen molar-refractivity contribution >= 4 is 65.2 Å². The number of rotatable bonds is 0. The fourth-order valence-electron chi connectivity index (χ4n) is 4.80. The molecule has 0 unspecified atom stereocenters. The number of benzene rings is 5. The lowest BCUT2D eigenvalue weighted by Gasteiger charge is -2.12. The van der Waals surface area contributed by atoms with Crippen LogP contribution in [0.2, 0.25) is 0 Å². The molecular weight excluding hydrogens is 354 g/mol. The number of hydrogen-bond donors (Lipinski definition) is 0. The molecule has 0 fully saturated rings. The standard InChI is InChI=1S/C27H15NO/c1-2-7-17-16(6-1)11-12-20-26(17)23-15-25-22(18-8-3-4-10-24(18)29-25)14-21(23)19-9-5-13-28-27(19)20/h1-15H. The van der Waals surface area contributed by atoms with E-state index in [0.29, 0.717) is 0 Å². The summed E-state index contributed by atoms with van der Waals surface area (Å²) in [6.45, 7) is 0. The molecule has 2 nitrogen and oxygen atoms in total. The highest BCUT2D eigenvalue weighted by molar-refractivity contribution is 6.32. The van der Waals surface area contributed by atoms with Gasteiger partial charge >= 0.3 is 0 Å². The van der Waals surface area contributed by atoms with E-state index in [0.717, 1.165) is 27.5 Å². The number of pyridine rings is 1. The lowest BCUT2D eigenvalue weighted by atomic mass is 9.92. The Morgan fingerprint density at radius 2 is 1.34 bits per heavy atom. The van der Waals surface area contributed by atoms with Gasteiger partial charge in [0.15, 0.2) is 0 Å². The Bertz CT molecular complexity index is 1760. The highest BCUT2D eigenvalue weighted by Gasteiger charge is 2.15. The van der Waals surface area contributed by atoms with E-state index in [1.54, 1.807) is 0 Å². The van der Waals surface area contributed by atoms with Gasteiger partial charge in [-0.1, -0.05) is 60.7 Å². The Morgan fingerprint density at radius 1 is 0.517 bits per heavy atom. The third-order valence-electron chi connectivity index (χ3n) is 6.07. The van der Waals surface area contributed by atoms with Crippen LogP contribution in [0.5, 0.6) is 0 Å². The summed E-state index contributed by atoms with van der Waals surface area (Å²) >= 11 is 0. The van der Waals surface area contributed by atoms with Crippen molar-refractivity contribution in [2.45, 2.75) is 0 Å². The van der Waals surface area contributed by atoms with Gasteiger partial charge in [-0.05, 0) is 51.2 Å². The zero-order valence-corrected chi connectivity index (χ0v) is 15.5. The third kappa shape index (κ3) is 1.93. The third-order valence-corrected chi connectivity index (χ3v) is 6.07. The van der Waals surface area contributed by atoms with Crippen molar-refractivity contribution in [1.82, 2.24) is 4.98 Å². The molecule has 0 aliphatic carbocycles. The lowest BCUT2D eigenvalue weighted by molar-refractivity contribution is 0.669. The van der Waals surface area contributed by atoms with Crippen LogP contribution in [0.25, 0.3) is 65.2 Å². The Balaban J connectivity index is 1.85. The minimum atomic E-state index is 0.925. The van der Waals surface area contributed by atoms with E-state index in [4.69, 9.17) is 9.40 Å². The number of fused-ring (bicyclic) bond motifs is 11. The molecule has 0 saturated heterocycles. The van der Waals surface area contributed by atoms with E-state index in [-0.39, 0.29) is 0 Å². The average Bonchev–Trinajstić information content (AvgIpc) is 3.15. The van der Waals surface area contributed by atoms with Crippen molar-refractivity contribution in [2.24, 2.45) is 0 Å². The van der Waals surface area contributed by atoms with Gasteiger partial charge in [0.1, 0.15) is 11.2 Å². The molecule has 0 amide bonds. The molecule has 0 aliphatic rings. The van der Waals surface area contributed by atoms with Crippen molar-refractivity contribution in [3.63, 3.8) is 0 Å². The van der Waals surface area contributed by atoms with Crippen molar-refractivity contribution in [2.75, 3.05) is 0 Å². The smallest absolute Gasteiger partial charge is 0.136 e. The summed E-state index contributed by atoms with van der Waals surface area (Å²) in [4.78, 5) is 4.77. The van der Waals surface area contributed by atoms with E-state index in [2.05, 4.69) is 66.7 Å². The van der Waals surface area contributed by atoms with Crippen molar-refractivity contribution in [3.8, 4) is 0 Å². The SMILES string of the molecule is c1ccc2c(c1)ccc1c3ncccc3c3cc4c(cc3c21)oc1ccccc14. The van der Waals surface area contributed by atoms with Crippen molar-refractivity contribution < 1.29 is 4.42 Å². The first-order valence-electron chi connectivity index (χ1n) is 9.82. The number of hydrogen-bond acceptors (Lipinski definition) is 2. The molecule has 29 heavy (non-hydrogen) atoms. The van der Waals surface area contributed by atoms with Gasteiger partial charge < -0.3 is 4.42 Å². The van der Waals surface area contributed by atoms with E-state index in [1.807, 2.05) is 24.4 Å². The fraction of sp³-hybridized carbons (Fsp3) is 0. The summed E-state index contributed by atoms with van der Waals surface area (Å²) in [5.41, 5.74) is 2.90. The van der Waals surface area contributed by atoms with Gasteiger partial charge in [0.2, 0.25) is 0 Å². The highest BCUT2D eigenvalue weighted by atomic mass is 16.3. The van der Waals surface area contributed by atoms with E-state index in [1.165, 1.54) is 37.7 Å². The molecule has 0 atom stereocenters. The minimum Gasteiger partial charge on any atom is -0.456 e. The normalized spacial score (nSPS) is 12.1. The van der Waals surface area contributed by atoms with E-state index >= 15 is 0 Å². The van der Waals surface area contributed by atoms with Gasteiger partial charge in [-0.15, -0.1) is 0 Å². The number of nitrogens with zero attached hydrogens (tertiary/aromatic N) is 1. The first-order valence-corrected chi connectivity index (χ1v) is 9.82. The minimum absolute atomic E-state index is 0.925. The van der Waals surface area contributed by atoms with Gasteiger partial charge in [-0.25, -0.2) is 0 Å². The Labute approximate surface area is 166 Å². The predicted octanol–water partition coefficient (Wildman–Crippen LogP) is 7.59. The van der Waals surface area contributed by atoms with Crippen LogP contribution in [0.1, 0.15) is 0 Å². The largest absolute Gasteiger partial charge is 0.456 e. The van der Waals surface area contributed by atoms with Crippen LogP contribution in [-0.2, 0) is 0 Å². The maximum atomic E-state index is 6.22. The summed E-state index contributed by atoms with van der Waals surface area (Å²) in [6.07, 6.45) is 1.88. The second kappa shape index (κ2) is 5.33. The van der Waals surface area contributed by atoms with Gasteiger partial charge in [-0.3, -0.25) is 4.98 Å². The van der Waals surface area contributed by atoms with Crippen molar-refractivity contribution in [3.05, 3.63) is 91.1 Å². The molecule has 134 valence electrons. The molecule has 2 heteroatoms. The van der Waals surface area contributed by atoms with Gasteiger partial charge in [0.05, 0.1) is 5.52 Å². The monoisotopic (exact) mass is 369 g/mol. The molecule has 0 bridgehead atoms. The molecule has 0 radical (unpaired) electrons. The van der Waals surface area contributed by atoms with Crippen LogP contribution >= 0.6 is 0 Å². The lowest BCUT2D eigenvalue weighted by Crippen LogP contribution is -1.87. The summed E-state index contributed by atoms with van der Waals surface area (Å²) in [6, 6.07) is 29.9. The maximum Gasteiger partial charge on any atom is 0.136 e. The molecule has 2 aromatic heterocycles. The second-order valence-electron chi connectivity index (χ2n) is 7.60. The summed E-state index contributed by atoms with van der Waals surface area (Å²) in [5, 5.41) is 10.8. The van der Waals surface area contributed by atoms with Gasteiger partial charge in [0, 0.05) is 27.7 Å². The molecule has 7 aromatic rings. The molecule has 0 saturated carbocycles. The van der Waals surface area contributed by atoms with Crippen LogP contribution in [0.3, 0.4) is 0 Å². The highest BCUT2D eigenvalue weighted by Crippen LogP contribution is 2.41. The topological polar surface area (TPSA) is 26.0 Å². The number of furan rings is 1. The van der Waals surface area contributed by atoms with Gasteiger partial charge in [-0.2, -0.15) is 0 Å². The fourth-order valence-corrected chi connectivity index (χ4v) is 4.80. The molecule has 0 spiro atoms. The molecule has 2 heterocycles. The molecule has 5 aromatic carbocycles. The predicted molar refractivity (Wildman–Crippen MR) is 122 cm³/mol. The van der Waals surface area contributed by atoms with Crippen molar-refractivity contribution in [1.29, 1.82) is 0 Å². The molecule has 0 N–H and O–H groups in total. The average molecular weight is 369 g/mol. The van der Waals surface area contributed by atoms with Gasteiger partial charge in [0.25, 0.3) is 0 Å². The quantitative estimate of drug-likeness (QED) is 0.257. The summed E-state index contributed by atoms with van der Waals surface area (Å²) in [5.74, 6) is 0. The van der Waals surface area contributed by atoms with Crippen LogP contribution in [0.4, 0.5) is 0 Å². The van der Waals surface area contributed by atoms with Crippen LogP contribution in [0, 0.1) is 0 Å². The first-order chi connectivity index (χ1) is 14.4. The van der Waals surface area contributed by atoms with Crippen LogP contribution < -0.4 is 0 Å². The van der Waals surface area contributed by atoms with Crippen LogP contribution in [-0.4, -0.2) is 4.98 Å². The molecular formula is C27H15NO. The first kappa shape index (κ1) is 15.1. The zero-order valence-electron chi connectivity index (χ0n) is 15.5. The maximum absolute atomic E-state index is 6.22. The Hall–Kier alpha value is -3.91. The van der Waals surface area contributed by atoms with Crippen LogP contribution in [0.15, 0.2) is 95.5 Å². The molecule has 7 rings (SSSR count).